The van der Waals surface area contributed by atoms with Gasteiger partial charge in [0.1, 0.15) is 5.69 Å². The molecule has 0 aromatic carbocycles. The normalized spacial score (nSPS) is 16.2. The third-order valence-corrected chi connectivity index (χ3v) is 1.40. The molecule has 1 aromatic heterocycles. The van der Waals surface area contributed by atoms with E-state index in [0.717, 1.165) is 5.69 Å². The first kappa shape index (κ1) is 5.40. The van der Waals surface area contributed by atoms with Crippen LogP contribution in [0.5, 0.6) is 0 Å². The second kappa shape index (κ2) is 1.80. The van der Waals surface area contributed by atoms with E-state index in [2.05, 4.69) is 20.3 Å². The minimum Gasteiger partial charge on any atom is -0.306 e. The van der Waals surface area contributed by atoms with Gasteiger partial charge >= 0.3 is 0 Å². The lowest BCUT2D eigenvalue weighted by atomic mass is 10.2. The molecule has 1 amide bonds. The number of aromatic nitrogens is 2. The fourth-order valence-electron chi connectivity index (χ4n) is 0.892. The number of carbonyl (C=O) groups excluding carboxylic acids is 1. The lowest BCUT2D eigenvalue weighted by Crippen LogP contribution is -2.18. The first-order valence-corrected chi connectivity index (χ1v) is 2.97. The average molecular weight is 139 g/mol. The van der Waals surface area contributed by atoms with Gasteiger partial charge in [-0.2, -0.15) is 0 Å². The van der Waals surface area contributed by atoms with Crippen LogP contribution < -0.4 is 5.32 Å². The van der Waals surface area contributed by atoms with Crippen molar-refractivity contribution in [1.82, 2.24) is 10.3 Å². The summed E-state index contributed by atoms with van der Waals surface area (Å²) < 4.78 is 4.40. The topological polar surface area (TPSA) is 68.0 Å². The molecule has 52 valence electrons. The van der Waals surface area contributed by atoms with E-state index in [0.29, 0.717) is 18.7 Å². The Kier molecular flexibility index (Phi) is 0.969. The molecule has 0 atom stereocenters. The fourth-order valence-corrected chi connectivity index (χ4v) is 0.892. The minimum absolute atomic E-state index is 0.0248. The molecule has 10 heavy (non-hydrogen) atoms. The van der Waals surface area contributed by atoms with Crippen molar-refractivity contribution in [2.45, 2.75) is 12.8 Å². The van der Waals surface area contributed by atoms with E-state index in [1.807, 2.05) is 0 Å². The van der Waals surface area contributed by atoms with Gasteiger partial charge in [-0.15, -0.1) is 0 Å². The Morgan fingerprint density at radius 3 is 3.20 bits per heavy atom. The molecule has 0 unspecified atom stereocenters. The smallest absolute Gasteiger partial charge is 0.226 e. The number of carbonyl (C=O) groups is 1. The van der Waals surface area contributed by atoms with Gasteiger partial charge in [0.25, 0.3) is 0 Å². The Hall–Kier alpha value is -1.39. The number of fused-ring (bicyclic) bond motifs is 1. The standard InChI is InChI=1S/C5H5N3O2/c9-4-2-1-3-5(6-4)8-10-7-3/h1-2H2,(H,6,8,9). The maximum Gasteiger partial charge on any atom is 0.226 e. The summed E-state index contributed by atoms with van der Waals surface area (Å²) in [6.45, 7) is 0. The van der Waals surface area contributed by atoms with Crippen LogP contribution in [0.4, 0.5) is 5.82 Å². The van der Waals surface area contributed by atoms with Crippen LogP contribution in [-0.2, 0) is 11.2 Å². The largest absolute Gasteiger partial charge is 0.306 e. The summed E-state index contributed by atoms with van der Waals surface area (Å²) in [6, 6.07) is 0. The second-order valence-electron chi connectivity index (χ2n) is 2.11. The molecule has 1 aliphatic rings. The van der Waals surface area contributed by atoms with Crippen LogP contribution in [0.1, 0.15) is 12.1 Å². The highest BCUT2D eigenvalue weighted by Gasteiger charge is 2.18. The molecular formula is C5H5N3O2. The van der Waals surface area contributed by atoms with E-state index in [1.54, 1.807) is 0 Å². The maximum atomic E-state index is 10.7. The molecule has 0 saturated heterocycles. The van der Waals surface area contributed by atoms with Crippen LogP contribution in [-0.4, -0.2) is 16.2 Å². The zero-order valence-corrected chi connectivity index (χ0v) is 5.13. The Bertz CT molecular complexity index is 268. The van der Waals surface area contributed by atoms with Crippen LogP contribution in [0, 0.1) is 0 Å². The molecule has 0 aliphatic carbocycles. The molecule has 0 radical (unpaired) electrons. The van der Waals surface area contributed by atoms with E-state index in [1.165, 1.54) is 0 Å². The number of nitrogens with zero attached hydrogens (tertiary/aromatic N) is 2. The molecule has 1 aromatic rings. The summed E-state index contributed by atoms with van der Waals surface area (Å²) in [4.78, 5) is 10.7. The third kappa shape index (κ3) is 0.671. The quantitative estimate of drug-likeness (QED) is 0.547. The summed E-state index contributed by atoms with van der Waals surface area (Å²) in [5.41, 5.74) is 0.736. The molecule has 2 heterocycles. The molecule has 5 heteroatoms. The van der Waals surface area contributed by atoms with Crippen LogP contribution in [0.3, 0.4) is 0 Å². The SMILES string of the molecule is O=C1CCc2nonc2N1. The van der Waals surface area contributed by atoms with Crippen LogP contribution in [0.25, 0.3) is 0 Å². The molecular weight excluding hydrogens is 134 g/mol. The van der Waals surface area contributed by atoms with Crippen molar-refractivity contribution in [2.24, 2.45) is 0 Å². The van der Waals surface area contributed by atoms with Gasteiger partial charge in [0.2, 0.25) is 11.7 Å². The van der Waals surface area contributed by atoms with Gasteiger partial charge < -0.3 is 5.32 Å². The molecule has 1 N–H and O–H groups in total. The van der Waals surface area contributed by atoms with Crippen molar-refractivity contribution in [3.63, 3.8) is 0 Å². The highest BCUT2D eigenvalue weighted by atomic mass is 16.6. The van der Waals surface area contributed by atoms with E-state index in [-0.39, 0.29) is 5.91 Å². The summed E-state index contributed by atoms with van der Waals surface area (Å²) in [6.07, 6.45) is 1.10. The molecule has 0 saturated carbocycles. The van der Waals surface area contributed by atoms with Crippen LogP contribution in [0.15, 0.2) is 4.63 Å². The highest BCUT2D eigenvalue weighted by Crippen LogP contribution is 2.16. The number of nitrogens with one attached hydrogen (secondary N) is 1. The van der Waals surface area contributed by atoms with Crippen molar-refractivity contribution in [1.29, 1.82) is 0 Å². The maximum absolute atomic E-state index is 10.7. The molecule has 1 aliphatic heterocycles. The van der Waals surface area contributed by atoms with Crippen LogP contribution in [0.2, 0.25) is 0 Å². The van der Waals surface area contributed by atoms with Crippen molar-refractivity contribution >= 4 is 11.7 Å². The summed E-state index contributed by atoms with van der Waals surface area (Å²) in [7, 11) is 0. The number of aryl methyl sites for hydroxylation is 1. The van der Waals surface area contributed by atoms with Gasteiger partial charge in [0.05, 0.1) is 0 Å². The van der Waals surface area contributed by atoms with Gasteiger partial charge in [-0.05, 0) is 5.16 Å². The van der Waals surface area contributed by atoms with Gasteiger partial charge in [0.15, 0.2) is 0 Å². The molecule has 0 spiro atoms. The predicted molar refractivity (Wildman–Crippen MR) is 31.2 cm³/mol. The van der Waals surface area contributed by atoms with E-state index in [9.17, 15) is 4.79 Å². The van der Waals surface area contributed by atoms with Gasteiger partial charge in [-0.3, -0.25) is 4.79 Å². The van der Waals surface area contributed by atoms with Gasteiger partial charge in [0, 0.05) is 12.8 Å². The summed E-state index contributed by atoms with van der Waals surface area (Å²) >= 11 is 0. The summed E-state index contributed by atoms with van der Waals surface area (Å²) in [5, 5.41) is 9.61. The minimum atomic E-state index is -0.0248. The fraction of sp³-hybridized carbons (Fsp3) is 0.400. The lowest BCUT2D eigenvalue weighted by molar-refractivity contribution is -0.116. The zero-order chi connectivity index (χ0) is 6.97. The van der Waals surface area contributed by atoms with Gasteiger partial charge in [-0.25, -0.2) is 4.63 Å². The number of anilines is 1. The predicted octanol–water partition coefficient (Wildman–Crippen LogP) is -0.0457. The Labute approximate surface area is 56.4 Å². The first-order chi connectivity index (χ1) is 4.86. The number of hydrogen-bond donors (Lipinski definition) is 1. The zero-order valence-electron chi connectivity index (χ0n) is 5.13. The highest BCUT2D eigenvalue weighted by molar-refractivity contribution is 5.92. The van der Waals surface area contributed by atoms with Gasteiger partial charge in [-0.1, -0.05) is 5.16 Å². The second-order valence-corrected chi connectivity index (χ2v) is 2.11. The third-order valence-electron chi connectivity index (χ3n) is 1.40. The van der Waals surface area contributed by atoms with E-state index >= 15 is 0 Å². The average Bonchev–Trinajstić information content (AvgIpc) is 2.33. The first-order valence-electron chi connectivity index (χ1n) is 2.97. The Balaban J connectivity index is 2.39. The Morgan fingerprint density at radius 2 is 2.30 bits per heavy atom. The number of rotatable bonds is 0. The van der Waals surface area contributed by atoms with E-state index < -0.39 is 0 Å². The molecule has 0 fully saturated rings. The van der Waals surface area contributed by atoms with Crippen molar-refractivity contribution < 1.29 is 9.42 Å². The lowest BCUT2D eigenvalue weighted by Gasteiger charge is -2.06. The molecule has 2 rings (SSSR count). The number of hydrogen-bond acceptors (Lipinski definition) is 4. The van der Waals surface area contributed by atoms with Crippen molar-refractivity contribution in [3.8, 4) is 0 Å². The van der Waals surface area contributed by atoms with Crippen molar-refractivity contribution in [3.05, 3.63) is 5.69 Å². The van der Waals surface area contributed by atoms with Crippen molar-refractivity contribution in [2.75, 3.05) is 5.32 Å². The van der Waals surface area contributed by atoms with E-state index in [4.69, 9.17) is 0 Å². The Morgan fingerprint density at radius 1 is 1.40 bits per heavy atom. The summed E-state index contributed by atoms with van der Waals surface area (Å²) in [5.74, 6) is 0.444. The number of amides is 1. The molecule has 0 bridgehead atoms. The van der Waals surface area contributed by atoms with Crippen LogP contribution >= 0.6 is 0 Å². The molecule has 5 nitrogen and oxygen atoms in total. The monoisotopic (exact) mass is 139 g/mol.